The number of halogens is 1. The molecule has 2 aromatic heterocycles. The maximum Gasteiger partial charge on any atom is 0.410 e. The Labute approximate surface area is 179 Å². The molecule has 0 aromatic carbocycles. The van der Waals surface area contributed by atoms with Crippen LogP contribution in [0.25, 0.3) is 0 Å². The quantitative estimate of drug-likeness (QED) is 0.676. The second-order valence-corrected chi connectivity index (χ2v) is 9.63. The number of amides is 1. The summed E-state index contributed by atoms with van der Waals surface area (Å²) in [4.78, 5) is 16.4. The zero-order valence-corrected chi connectivity index (χ0v) is 19.1. The van der Waals surface area contributed by atoms with Gasteiger partial charge in [0.1, 0.15) is 5.60 Å². The monoisotopic (exact) mass is 464 g/mol. The average molecular weight is 465 g/mol. The van der Waals surface area contributed by atoms with Crippen molar-refractivity contribution in [2.45, 2.75) is 65.3 Å². The number of fused-ring (bicyclic) bond motifs is 1. The summed E-state index contributed by atoms with van der Waals surface area (Å²) >= 11 is 3.77. The summed E-state index contributed by atoms with van der Waals surface area (Å²) in [6, 6.07) is 2.35. The molecule has 1 saturated heterocycles. The van der Waals surface area contributed by atoms with Crippen molar-refractivity contribution in [3.05, 3.63) is 28.1 Å². The number of carbonyl (C=O) groups is 1. The van der Waals surface area contributed by atoms with Crippen LogP contribution < -0.4 is 4.90 Å². The summed E-state index contributed by atoms with van der Waals surface area (Å²) < 4.78 is 10.8. The molecule has 0 N–H and O–H groups in total. The molecule has 0 saturated carbocycles. The van der Waals surface area contributed by atoms with Crippen molar-refractivity contribution in [3.63, 3.8) is 0 Å². The van der Waals surface area contributed by atoms with Gasteiger partial charge in [0.15, 0.2) is 5.82 Å². The first-order valence-corrected chi connectivity index (χ1v) is 11.0. The zero-order valence-electron chi connectivity index (χ0n) is 17.6. The number of hydrogen-bond donors (Lipinski definition) is 0. The highest BCUT2D eigenvalue weighted by Crippen LogP contribution is 2.34. The number of aromatic nitrogens is 4. The van der Waals surface area contributed by atoms with Crippen LogP contribution in [0.1, 0.15) is 51.0 Å². The van der Waals surface area contributed by atoms with E-state index in [-0.39, 0.29) is 12.1 Å². The van der Waals surface area contributed by atoms with Crippen molar-refractivity contribution in [1.82, 2.24) is 24.5 Å². The third-order valence-electron chi connectivity index (χ3n) is 5.56. The molecule has 4 rings (SSSR count). The summed E-state index contributed by atoms with van der Waals surface area (Å²) in [6.45, 7) is 11.8. The fourth-order valence-corrected chi connectivity index (χ4v) is 4.54. The molecule has 29 heavy (non-hydrogen) atoms. The Hall–Kier alpha value is -2.03. The lowest BCUT2D eigenvalue weighted by atomic mass is 10.1. The van der Waals surface area contributed by atoms with E-state index in [2.05, 4.69) is 48.3 Å². The summed E-state index contributed by atoms with van der Waals surface area (Å²) in [5, 5.41) is 9.33. The Morgan fingerprint density at radius 2 is 1.93 bits per heavy atom. The molecule has 0 atom stereocenters. The van der Waals surface area contributed by atoms with E-state index < -0.39 is 5.60 Å². The third kappa shape index (κ3) is 4.15. The van der Waals surface area contributed by atoms with Crippen LogP contribution in [0.4, 0.5) is 10.6 Å². The van der Waals surface area contributed by atoms with Crippen LogP contribution in [0.5, 0.6) is 0 Å². The van der Waals surface area contributed by atoms with Crippen LogP contribution in [-0.4, -0.2) is 55.8 Å². The second kappa shape index (κ2) is 7.66. The molecule has 0 radical (unpaired) electrons. The lowest BCUT2D eigenvalue weighted by molar-refractivity contribution is 0.0184. The summed E-state index contributed by atoms with van der Waals surface area (Å²) in [7, 11) is 0. The second-order valence-electron chi connectivity index (χ2n) is 8.83. The van der Waals surface area contributed by atoms with Gasteiger partial charge in [0.25, 0.3) is 0 Å². The van der Waals surface area contributed by atoms with Crippen LogP contribution in [0.15, 0.2) is 16.7 Å². The van der Waals surface area contributed by atoms with E-state index in [1.807, 2.05) is 31.9 Å². The molecule has 0 aliphatic carbocycles. The average Bonchev–Trinajstić information content (AvgIpc) is 3.25. The van der Waals surface area contributed by atoms with Crippen LogP contribution >= 0.6 is 15.9 Å². The van der Waals surface area contributed by atoms with Crippen molar-refractivity contribution in [3.8, 4) is 0 Å². The number of ether oxygens (including phenoxy) is 1. The fraction of sp³-hybridized carbons (Fsp3) is 0.650. The van der Waals surface area contributed by atoms with Gasteiger partial charge in [0.2, 0.25) is 0 Å². The number of anilines is 1. The molecule has 1 fully saturated rings. The van der Waals surface area contributed by atoms with E-state index in [4.69, 9.17) is 9.84 Å². The maximum atomic E-state index is 12.3. The molecule has 1 amide bonds. The Bertz CT molecular complexity index is 891. The number of rotatable bonds is 2. The van der Waals surface area contributed by atoms with Gasteiger partial charge in [-0.25, -0.2) is 4.79 Å². The van der Waals surface area contributed by atoms with Gasteiger partial charge in [-0.1, -0.05) is 0 Å². The Morgan fingerprint density at radius 1 is 1.21 bits per heavy atom. The molecule has 2 aromatic rings. The van der Waals surface area contributed by atoms with E-state index >= 15 is 0 Å². The lowest BCUT2D eigenvalue weighted by Gasteiger charge is -2.34. The Balaban J connectivity index is 1.44. The highest BCUT2D eigenvalue weighted by Gasteiger charge is 2.30. The standard InChI is InChI=1S/C20H29BrN6O2/c1-14-17(21)18(25-11-12-26-16(13-25)5-8-22-26)23-27(14)15-6-9-24(10-7-15)19(28)29-20(2,3)4/h5,8,15H,6-7,9-13H2,1-4H3. The van der Waals surface area contributed by atoms with E-state index in [0.717, 1.165) is 48.5 Å². The van der Waals surface area contributed by atoms with Crippen molar-refractivity contribution < 1.29 is 9.53 Å². The highest BCUT2D eigenvalue weighted by atomic mass is 79.9. The zero-order chi connectivity index (χ0) is 20.8. The van der Waals surface area contributed by atoms with E-state index in [1.54, 1.807) is 0 Å². The molecular weight excluding hydrogens is 436 g/mol. The van der Waals surface area contributed by atoms with E-state index in [0.29, 0.717) is 13.1 Å². The number of carbonyl (C=O) groups excluding carboxylic acids is 1. The third-order valence-corrected chi connectivity index (χ3v) is 6.49. The molecule has 0 bridgehead atoms. The topological polar surface area (TPSA) is 68.4 Å². The van der Waals surface area contributed by atoms with Crippen LogP contribution in [0, 0.1) is 6.92 Å². The molecule has 2 aliphatic heterocycles. The fourth-order valence-electron chi connectivity index (χ4n) is 4.03. The SMILES string of the molecule is Cc1c(Br)c(N2CCn3nccc3C2)nn1C1CCN(C(=O)OC(C)(C)C)CC1. The maximum absolute atomic E-state index is 12.3. The van der Waals surface area contributed by atoms with Gasteiger partial charge in [-0.3, -0.25) is 9.36 Å². The van der Waals surface area contributed by atoms with Crippen molar-refractivity contribution in [2.75, 3.05) is 24.5 Å². The molecule has 4 heterocycles. The van der Waals surface area contributed by atoms with Crippen molar-refractivity contribution in [2.24, 2.45) is 0 Å². The molecule has 0 unspecified atom stereocenters. The Morgan fingerprint density at radius 3 is 2.62 bits per heavy atom. The van der Waals surface area contributed by atoms with Crippen LogP contribution in [0.2, 0.25) is 0 Å². The normalized spacial score (nSPS) is 18.1. The molecule has 158 valence electrons. The van der Waals surface area contributed by atoms with Crippen molar-refractivity contribution in [1.29, 1.82) is 0 Å². The van der Waals surface area contributed by atoms with Crippen LogP contribution in [-0.2, 0) is 17.8 Å². The first kappa shape index (κ1) is 20.3. The number of piperidine rings is 1. The summed E-state index contributed by atoms with van der Waals surface area (Å²) in [5.41, 5.74) is 1.88. The van der Waals surface area contributed by atoms with Gasteiger partial charge >= 0.3 is 6.09 Å². The van der Waals surface area contributed by atoms with Crippen molar-refractivity contribution >= 4 is 27.8 Å². The predicted octanol–water partition coefficient (Wildman–Crippen LogP) is 3.74. The van der Waals surface area contributed by atoms with Gasteiger partial charge in [-0.15, -0.1) is 0 Å². The largest absolute Gasteiger partial charge is 0.444 e. The van der Waals surface area contributed by atoms with E-state index in [1.165, 1.54) is 5.69 Å². The number of likely N-dealkylation sites (tertiary alicyclic amines) is 1. The van der Waals surface area contributed by atoms with Gasteiger partial charge in [-0.05, 0) is 62.5 Å². The van der Waals surface area contributed by atoms with E-state index in [9.17, 15) is 4.79 Å². The number of nitrogens with zero attached hydrogens (tertiary/aromatic N) is 6. The first-order chi connectivity index (χ1) is 13.7. The molecule has 2 aliphatic rings. The molecule has 0 spiro atoms. The molecule has 8 nitrogen and oxygen atoms in total. The lowest BCUT2D eigenvalue weighted by Crippen LogP contribution is -2.42. The minimum Gasteiger partial charge on any atom is -0.444 e. The minimum absolute atomic E-state index is 0.222. The van der Waals surface area contributed by atoms with Gasteiger partial charge < -0.3 is 14.5 Å². The molecule has 9 heteroatoms. The summed E-state index contributed by atoms with van der Waals surface area (Å²) in [6.07, 6.45) is 3.39. The number of hydrogen-bond acceptors (Lipinski definition) is 5. The highest BCUT2D eigenvalue weighted by molar-refractivity contribution is 9.10. The Kier molecular flexibility index (Phi) is 5.35. The summed E-state index contributed by atoms with van der Waals surface area (Å²) in [5.74, 6) is 0.990. The minimum atomic E-state index is -0.462. The molecular formula is C20H29BrN6O2. The van der Waals surface area contributed by atoms with Gasteiger partial charge in [0.05, 0.1) is 35.0 Å². The predicted molar refractivity (Wildman–Crippen MR) is 114 cm³/mol. The smallest absolute Gasteiger partial charge is 0.410 e. The van der Waals surface area contributed by atoms with Gasteiger partial charge in [-0.2, -0.15) is 10.2 Å². The first-order valence-electron chi connectivity index (χ1n) is 10.2. The van der Waals surface area contributed by atoms with Crippen LogP contribution in [0.3, 0.4) is 0 Å². The van der Waals surface area contributed by atoms with Gasteiger partial charge in [0, 0.05) is 25.8 Å².